The lowest BCUT2D eigenvalue weighted by molar-refractivity contribution is 0.208. The van der Waals surface area contributed by atoms with Crippen LogP contribution < -0.4 is 24.4 Å². The van der Waals surface area contributed by atoms with Crippen LogP contribution in [0.25, 0.3) is 11.3 Å². The summed E-state index contributed by atoms with van der Waals surface area (Å²) in [5, 5.41) is 11.8. The molecule has 2 amide bonds. The first kappa shape index (κ1) is 24.1. The summed E-state index contributed by atoms with van der Waals surface area (Å²) in [5.74, 6) is 2.42. The molecule has 4 rings (SSSR count). The van der Waals surface area contributed by atoms with Gasteiger partial charge in [0.25, 0.3) is 0 Å². The minimum atomic E-state index is -0.0864. The van der Waals surface area contributed by atoms with Gasteiger partial charge in [-0.2, -0.15) is 0 Å². The predicted molar refractivity (Wildman–Crippen MR) is 136 cm³/mol. The third kappa shape index (κ3) is 5.24. The highest BCUT2D eigenvalue weighted by Crippen LogP contribution is 2.40. The molecule has 9 nitrogen and oxygen atoms in total. The van der Waals surface area contributed by atoms with Crippen molar-refractivity contribution in [3.8, 4) is 28.5 Å². The number of nitrogens with zero attached hydrogens (tertiary/aromatic N) is 4. The first-order valence-electron chi connectivity index (χ1n) is 11.5. The normalized spacial score (nSPS) is 13.4. The summed E-state index contributed by atoms with van der Waals surface area (Å²) in [5.41, 5.74) is 4.68. The van der Waals surface area contributed by atoms with Crippen molar-refractivity contribution in [3.05, 3.63) is 53.6 Å². The van der Waals surface area contributed by atoms with E-state index in [-0.39, 0.29) is 6.03 Å². The maximum atomic E-state index is 12.7. The smallest absolute Gasteiger partial charge is 0.321 e. The number of benzene rings is 2. The van der Waals surface area contributed by atoms with E-state index in [1.54, 1.807) is 21.3 Å². The quantitative estimate of drug-likeness (QED) is 0.571. The maximum absolute atomic E-state index is 12.7. The summed E-state index contributed by atoms with van der Waals surface area (Å²) < 4.78 is 16.3. The van der Waals surface area contributed by atoms with Gasteiger partial charge >= 0.3 is 6.03 Å². The Kier molecular flexibility index (Phi) is 7.24. The van der Waals surface area contributed by atoms with Crippen LogP contribution in [0.5, 0.6) is 17.2 Å². The number of hydrogen-bond acceptors (Lipinski definition) is 7. The second-order valence-corrected chi connectivity index (χ2v) is 8.39. The SMILES string of the molecule is COc1cc(-c2ccc(N3CCN(C(=O)Nc4ccc(C)c(C)c4)CC3)nn2)cc(OC)c1OC. The lowest BCUT2D eigenvalue weighted by Gasteiger charge is -2.35. The highest BCUT2D eigenvalue weighted by molar-refractivity contribution is 5.89. The number of carbonyl (C=O) groups excluding carboxylic acids is 1. The van der Waals surface area contributed by atoms with Crippen molar-refractivity contribution in [1.29, 1.82) is 0 Å². The number of methoxy groups -OCH3 is 3. The molecule has 1 fully saturated rings. The van der Waals surface area contributed by atoms with Crippen LogP contribution in [-0.2, 0) is 0 Å². The molecule has 0 spiro atoms. The lowest BCUT2D eigenvalue weighted by atomic mass is 10.1. The monoisotopic (exact) mass is 477 g/mol. The molecule has 1 aliphatic heterocycles. The van der Waals surface area contributed by atoms with E-state index in [1.807, 2.05) is 54.3 Å². The zero-order valence-electron chi connectivity index (χ0n) is 20.8. The summed E-state index contributed by atoms with van der Waals surface area (Å²) in [6.45, 7) is 6.66. The molecule has 1 saturated heterocycles. The maximum Gasteiger partial charge on any atom is 0.321 e. The second-order valence-electron chi connectivity index (χ2n) is 8.39. The summed E-state index contributed by atoms with van der Waals surface area (Å²) in [6, 6.07) is 13.4. The fourth-order valence-corrected chi connectivity index (χ4v) is 4.04. The zero-order valence-corrected chi connectivity index (χ0v) is 20.8. The summed E-state index contributed by atoms with van der Waals surface area (Å²) in [4.78, 5) is 16.7. The average Bonchev–Trinajstić information content (AvgIpc) is 2.90. The predicted octanol–water partition coefficient (Wildman–Crippen LogP) is 4.14. The molecule has 9 heteroatoms. The van der Waals surface area contributed by atoms with Crippen molar-refractivity contribution in [2.45, 2.75) is 13.8 Å². The van der Waals surface area contributed by atoms with Crippen molar-refractivity contribution in [2.24, 2.45) is 0 Å². The van der Waals surface area contributed by atoms with Crippen LogP contribution >= 0.6 is 0 Å². The molecule has 35 heavy (non-hydrogen) atoms. The molecule has 0 atom stereocenters. The molecule has 2 aromatic carbocycles. The number of nitrogens with one attached hydrogen (secondary N) is 1. The molecule has 0 aliphatic carbocycles. The van der Waals surface area contributed by atoms with E-state index >= 15 is 0 Å². The van der Waals surface area contributed by atoms with Crippen LogP contribution in [0.15, 0.2) is 42.5 Å². The minimum absolute atomic E-state index is 0.0864. The number of aryl methyl sites for hydroxylation is 2. The molecule has 3 aromatic rings. The number of hydrogen-bond donors (Lipinski definition) is 1. The van der Waals surface area contributed by atoms with Gasteiger partial charge in [-0.15, -0.1) is 10.2 Å². The molecule has 1 aromatic heterocycles. The molecule has 184 valence electrons. The zero-order chi connectivity index (χ0) is 24.9. The van der Waals surface area contributed by atoms with Crippen molar-refractivity contribution in [3.63, 3.8) is 0 Å². The van der Waals surface area contributed by atoms with Gasteiger partial charge in [0.05, 0.1) is 27.0 Å². The van der Waals surface area contributed by atoms with Crippen LogP contribution in [0, 0.1) is 13.8 Å². The molecule has 0 radical (unpaired) electrons. The van der Waals surface area contributed by atoms with Gasteiger partial charge in [-0.25, -0.2) is 4.79 Å². The van der Waals surface area contributed by atoms with Crippen molar-refractivity contribution in [1.82, 2.24) is 15.1 Å². The number of carbonyl (C=O) groups is 1. The van der Waals surface area contributed by atoms with E-state index in [1.165, 1.54) is 5.56 Å². The lowest BCUT2D eigenvalue weighted by Crippen LogP contribution is -2.50. The highest BCUT2D eigenvalue weighted by Gasteiger charge is 2.23. The number of urea groups is 1. The first-order valence-corrected chi connectivity index (χ1v) is 11.5. The van der Waals surface area contributed by atoms with Gasteiger partial charge in [-0.1, -0.05) is 6.07 Å². The van der Waals surface area contributed by atoms with Crippen LogP contribution in [0.4, 0.5) is 16.3 Å². The van der Waals surface area contributed by atoms with Gasteiger partial charge in [-0.05, 0) is 61.4 Å². The van der Waals surface area contributed by atoms with Crippen LogP contribution in [0.2, 0.25) is 0 Å². The van der Waals surface area contributed by atoms with Crippen LogP contribution in [-0.4, -0.2) is 68.6 Å². The van der Waals surface area contributed by atoms with Gasteiger partial charge in [0.2, 0.25) is 5.75 Å². The Morgan fingerprint density at radius 3 is 2.06 bits per heavy atom. The minimum Gasteiger partial charge on any atom is -0.493 e. The Labute approximate surface area is 205 Å². The van der Waals surface area contributed by atoms with Gasteiger partial charge in [0, 0.05) is 37.4 Å². The Hall–Kier alpha value is -4.01. The van der Waals surface area contributed by atoms with Crippen LogP contribution in [0.1, 0.15) is 11.1 Å². The number of rotatable bonds is 6. The fraction of sp³-hybridized carbons (Fsp3) is 0.346. The topological polar surface area (TPSA) is 89.1 Å². The van der Waals surface area contributed by atoms with Crippen molar-refractivity contribution >= 4 is 17.5 Å². The summed E-state index contributed by atoms with van der Waals surface area (Å²) in [6.07, 6.45) is 0. The largest absolute Gasteiger partial charge is 0.493 e. The number of aromatic nitrogens is 2. The highest BCUT2D eigenvalue weighted by atomic mass is 16.5. The van der Waals surface area contributed by atoms with Crippen molar-refractivity contribution < 1.29 is 19.0 Å². The van der Waals surface area contributed by atoms with Crippen molar-refractivity contribution in [2.75, 3.05) is 57.7 Å². The third-order valence-corrected chi connectivity index (χ3v) is 6.26. The van der Waals surface area contributed by atoms with Crippen LogP contribution in [0.3, 0.4) is 0 Å². The Bertz CT molecular complexity index is 1170. The Morgan fingerprint density at radius 2 is 1.51 bits per heavy atom. The van der Waals surface area contributed by atoms with E-state index in [2.05, 4.69) is 27.3 Å². The van der Waals surface area contributed by atoms with E-state index in [0.717, 1.165) is 22.6 Å². The molecule has 1 aliphatic rings. The number of ether oxygens (including phenoxy) is 3. The standard InChI is InChI=1S/C26H31N5O4/c1-17-6-7-20(14-18(17)2)27-26(32)31-12-10-30(11-13-31)24-9-8-21(28-29-24)19-15-22(33-3)25(35-5)23(16-19)34-4/h6-9,14-16H,10-13H2,1-5H3,(H,27,32). The molecule has 0 saturated carbocycles. The molecule has 0 bridgehead atoms. The van der Waals surface area contributed by atoms with Gasteiger partial charge in [0.15, 0.2) is 17.3 Å². The summed E-state index contributed by atoms with van der Waals surface area (Å²) >= 11 is 0. The Balaban J connectivity index is 1.39. The number of piperazine rings is 1. The van der Waals surface area contributed by atoms with Gasteiger partial charge in [0.1, 0.15) is 0 Å². The van der Waals surface area contributed by atoms with Gasteiger partial charge in [-0.3, -0.25) is 0 Å². The van der Waals surface area contributed by atoms with E-state index in [0.29, 0.717) is 49.1 Å². The van der Waals surface area contributed by atoms with E-state index < -0.39 is 0 Å². The van der Waals surface area contributed by atoms with E-state index in [9.17, 15) is 4.79 Å². The summed E-state index contributed by atoms with van der Waals surface area (Å²) in [7, 11) is 4.73. The van der Waals surface area contributed by atoms with Gasteiger partial charge < -0.3 is 29.3 Å². The molecule has 0 unspecified atom stereocenters. The Morgan fingerprint density at radius 1 is 0.829 bits per heavy atom. The third-order valence-electron chi connectivity index (χ3n) is 6.26. The first-order chi connectivity index (χ1) is 16.9. The molecule has 2 heterocycles. The average molecular weight is 478 g/mol. The fourth-order valence-electron chi connectivity index (χ4n) is 4.04. The molecule has 1 N–H and O–H groups in total. The second kappa shape index (κ2) is 10.5. The number of anilines is 2. The van der Waals surface area contributed by atoms with E-state index in [4.69, 9.17) is 14.2 Å². The molecular weight excluding hydrogens is 446 g/mol. The number of amides is 2. The molecular formula is C26H31N5O4.